The van der Waals surface area contributed by atoms with Crippen LogP contribution >= 0.6 is 0 Å². The lowest BCUT2D eigenvalue weighted by atomic mass is 10.0. The van der Waals surface area contributed by atoms with Gasteiger partial charge in [0, 0.05) is 13.6 Å². The molecule has 1 heterocycles. The molecular formula is C14H18F2N2O4S. The zero-order valence-corrected chi connectivity index (χ0v) is 13.6. The zero-order chi connectivity index (χ0) is 17.4. The highest BCUT2D eigenvalue weighted by molar-refractivity contribution is 7.88. The first kappa shape index (κ1) is 17.8. The topological polar surface area (TPSA) is 77.9 Å². The second kappa shape index (κ2) is 6.50. The van der Waals surface area contributed by atoms with Crippen LogP contribution in [0.5, 0.6) is 0 Å². The molecule has 9 heteroatoms. The van der Waals surface area contributed by atoms with E-state index in [9.17, 15) is 27.1 Å². The van der Waals surface area contributed by atoms with E-state index >= 15 is 0 Å². The number of carbonyl (C=O) groups is 1. The maximum Gasteiger partial charge on any atom is 0.238 e. The van der Waals surface area contributed by atoms with Crippen LogP contribution in [-0.2, 0) is 14.8 Å². The van der Waals surface area contributed by atoms with Crippen LogP contribution in [0, 0.1) is 11.6 Å². The first-order valence-electron chi connectivity index (χ1n) is 6.93. The van der Waals surface area contributed by atoms with Crippen molar-refractivity contribution < 1.29 is 27.1 Å². The average molecular weight is 348 g/mol. The lowest BCUT2D eigenvalue weighted by Crippen LogP contribution is -2.41. The molecule has 128 valence electrons. The van der Waals surface area contributed by atoms with Crippen molar-refractivity contribution in [2.45, 2.75) is 18.6 Å². The molecule has 1 amide bonds. The van der Waals surface area contributed by atoms with Gasteiger partial charge in [-0.25, -0.2) is 17.2 Å². The van der Waals surface area contributed by atoms with Gasteiger partial charge in [-0.15, -0.1) is 0 Å². The highest BCUT2D eigenvalue weighted by Crippen LogP contribution is 2.33. The third-order valence-corrected chi connectivity index (χ3v) is 5.11. The van der Waals surface area contributed by atoms with Crippen molar-refractivity contribution in [3.05, 3.63) is 35.4 Å². The Labute approximate surface area is 133 Å². The van der Waals surface area contributed by atoms with Gasteiger partial charge in [0.25, 0.3) is 0 Å². The Kier molecular flexibility index (Phi) is 5.02. The fourth-order valence-electron chi connectivity index (χ4n) is 2.52. The lowest BCUT2D eigenvalue weighted by Gasteiger charge is -2.26. The Morgan fingerprint density at radius 1 is 1.39 bits per heavy atom. The smallest absolute Gasteiger partial charge is 0.238 e. The first-order chi connectivity index (χ1) is 10.6. The average Bonchev–Trinajstić information content (AvgIpc) is 2.83. The van der Waals surface area contributed by atoms with E-state index in [1.807, 2.05) is 0 Å². The largest absolute Gasteiger partial charge is 0.391 e. The number of amides is 1. The monoisotopic (exact) mass is 348 g/mol. The SMILES string of the molecule is CN(CC(=O)N1C[C@H](O)C[C@H]1c1ccc(F)c(F)c1)S(C)(=O)=O. The highest BCUT2D eigenvalue weighted by atomic mass is 32.2. The molecule has 0 aromatic heterocycles. The predicted octanol–water partition coefficient (Wildman–Crippen LogP) is 0.490. The number of sulfonamides is 1. The Hall–Kier alpha value is -1.58. The summed E-state index contributed by atoms with van der Waals surface area (Å²) in [4.78, 5) is 13.6. The molecule has 0 saturated carbocycles. The van der Waals surface area contributed by atoms with E-state index in [0.29, 0.717) is 5.56 Å². The van der Waals surface area contributed by atoms with Gasteiger partial charge < -0.3 is 10.0 Å². The van der Waals surface area contributed by atoms with Crippen molar-refractivity contribution in [1.29, 1.82) is 0 Å². The Balaban J connectivity index is 2.22. The third-order valence-electron chi connectivity index (χ3n) is 3.85. The molecule has 0 aliphatic carbocycles. The van der Waals surface area contributed by atoms with Crippen LogP contribution in [-0.4, -0.2) is 61.1 Å². The van der Waals surface area contributed by atoms with E-state index in [1.54, 1.807) is 0 Å². The number of nitrogens with zero attached hydrogens (tertiary/aromatic N) is 2. The lowest BCUT2D eigenvalue weighted by molar-refractivity contribution is -0.132. The van der Waals surface area contributed by atoms with Crippen LogP contribution in [0.25, 0.3) is 0 Å². The van der Waals surface area contributed by atoms with Gasteiger partial charge in [0.05, 0.1) is 24.9 Å². The number of carbonyl (C=O) groups excluding carboxylic acids is 1. The minimum absolute atomic E-state index is 0.0140. The van der Waals surface area contributed by atoms with Crippen molar-refractivity contribution in [3.63, 3.8) is 0 Å². The quantitative estimate of drug-likeness (QED) is 0.859. The molecule has 1 aliphatic heterocycles. The van der Waals surface area contributed by atoms with E-state index in [0.717, 1.165) is 22.7 Å². The molecule has 0 unspecified atom stereocenters. The van der Waals surface area contributed by atoms with Crippen molar-refractivity contribution >= 4 is 15.9 Å². The summed E-state index contributed by atoms with van der Waals surface area (Å²) in [5, 5.41) is 9.80. The number of rotatable bonds is 4. The molecule has 1 fully saturated rings. The Morgan fingerprint density at radius 2 is 2.04 bits per heavy atom. The van der Waals surface area contributed by atoms with E-state index < -0.39 is 39.7 Å². The summed E-state index contributed by atoms with van der Waals surface area (Å²) in [5.41, 5.74) is 0.357. The minimum atomic E-state index is -3.52. The third kappa shape index (κ3) is 4.04. The Bertz CT molecular complexity index is 711. The fraction of sp³-hybridized carbons (Fsp3) is 0.500. The van der Waals surface area contributed by atoms with Crippen molar-refractivity contribution in [1.82, 2.24) is 9.21 Å². The number of β-amino-alcohol motifs (C(OH)–C–C–N with tert-alkyl or cyclic N) is 1. The van der Waals surface area contributed by atoms with Gasteiger partial charge in [0.2, 0.25) is 15.9 Å². The normalized spacial score (nSPS) is 21.9. The van der Waals surface area contributed by atoms with Crippen LogP contribution in [0.15, 0.2) is 18.2 Å². The van der Waals surface area contributed by atoms with Gasteiger partial charge >= 0.3 is 0 Å². The summed E-state index contributed by atoms with van der Waals surface area (Å²) in [6, 6.07) is 2.67. The highest BCUT2D eigenvalue weighted by Gasteiger charge is 2.36. The van der Waals surface area contributed by atoms with Crippen LogP contribution in [0.1, 0.15) is 18.0 Å². The molecule has 1 aromatic carbocycles. The summed E-state index contributed by atoms with van der Waals surface area (Å²) < 4.78 is 50.1. The molecule has 2 rings (SSSR count). The molecule has 0 spiro atoms. The number of aliphatic hydroxyl groups excluding tert-OH is 1. The maximum absolute atomic E-state index is 13.4. The van der Waals surface area contributed by atoms with Gasteiger partial charge in [-0.05, 0) is 24.1 Å². The van der Waals surface area contributed by atoms with Crippen LogP contribution < -0.4 is 0 Å². The number of hydrogen-bond donors (Lipinski definition) is 1. The van der Waals surface area contributed by atoms with E-state index in [2.05, 4.69) is 0 Å². The fourth-order valence-corrected chi connectivity index (χ4v) is 2.87. The van der Waals surface area contributed by atoms with Gasteiger partial charge in [-0.2, -0.15) is 4.31 Å². The number of hydrogen-bond acceptors (Lipinski definition) is 4. The molecular weight excluding hydrogens is 330 g/mol. The van der Waals surface area contributed by atoms with Crippen molar-refractivity contribution in [3.8, 4) is 0 Å². The second-order valence-electron chi connectivity index (χ2n) is 5.64. The van der Waals surface area contributed by atoms with E-state index in [-0.39, 0.29) is 19.5 Å². The summed E-state index contributed by atoms with van der Waals surface area (Å²) in [6.45, 7) is -0.369. The number of aliphatic hydroxyl groups is 1. The summed E-state index contributed by atoms with van der Waals surface area (Å²) in [7, 11) is -2.25. The van der Waals surface area contributed by atoms with E-state index in [1.165, 1.54) is 18.0 Å². The number of halogens is 2. The molecule has 6 nitrogen and oxygen atoms in total. The molecule has 1 aliphatic rings. The van der Waals surface area contributed by atoms with Crippen LogP contribution in [0.2, 0.25) is 0 Å². The minimum Gasteiger partial charge on any atom is -0.391 e. The number of likely N-dealkylation sites (N-methyl/N-ethyl adjacent to an activating group) is 1. The second-order valence-corrected chi connectivity index (χ2v) is 7.73. The maximum atomic E-state index is 13.4. The summed E-state index contributed by atoms with van der Waals surface area (Å²) in [6.07, 6.45) is 0.353. The van der Waals surface area contributed by atoms with Crippen molar-refractivity contribution in [2.24, 2.45) is 0 Å². The predicted molar refractivity (Wildman–Crippen MR) is 78.9 cm³/mol. The molecule has 1 N–H and O–H groups in total. The summed E-state index contributed by atoms with van der Waals surface area (Å²) in [5.74, 6) is -2.55. The van der Waals surface area contributed by atoms with Gasteiger partial charge in [0.1, 0.15) is 0 Å². The van der Waals surface area contributed by atoms with Crippen LogP contribution in [0.3, 0.4) is 0 Å². The van der Waals surface area contributed by atoms with E-state index in [4.69, 9.17) is 0 Å². The molecule has 0 radical (unpaired) electrons. The zero-order valence-electron chi connectivity index (χ0n) is 12.7. The molecule has 1 saturated heterocycles. The van der Waals surface area contributed by atoms with Crippen LogP contribution in [0.4, 0.5) is 8.78 Å². The standard InChI is InChI=1S/C14H18F2N2O4S/c1-17(23(2,21)22)8-14(20)18-7-10(19)6-13(18)9-3-4-11(15)12(16)5-9/h3-5,10,13,19H,6-8H2,1-2H3/t10-,13+/m1/s1. The van der Waals surface area contributed by atoms with Gasteiger partial charge in [-0.3, -0.25) is 4.79 Å². The molecule has 1 aromatic rings. The molecule has 2 atom stereocenters. The van der Waals surface area contributed by atoms with Gasteiger partial charge in [0.15, 0.2) is 11.6 Å². The van der Waals surface area contributed by atoms with Crippen molar-refractivity contribution in [2.75, 3.05) is 26.4 Å². The summed E-state index contributed by atoms with van der Waals surface area (Å²) >= 11 is 0. The molecule has 23 heavy (non-hydrogen) atoms. The van der Waals surface area contributed by atoms with Gasteiger partial charge in [-0.1, -0.05) is 6.07 Å². The Morgan fingerprint density at radius 3 is 2.61 bits per heavy atom. The first-order valence-corrected chi connectivity index (χ1v) is 8.78. The molecule has 0 bridgehead atoms. The number of likely N-dealkylation sites (tertiary alicyclic amines) is 1. The number of benzene rings is 1.